The molecule has 0 aromatic carbocycles. The molecule has 9 heteroatoms. The van der Waals surface area contributed by atoms with Crippen molar-refractivity contribution in [1.29, 1.82) is 0 Å². The summed E-state index contributed by atoms with van der Waals surface area (Å²) in [5.41, 5.74) is 0. The molecular formula is C18H30N6O3. The van der Waals surface area contributed by atoms with Crippen LogP contribution in [0.3, 0.4) is 0 Å². The number of piperazine rings is 1. The first-order chi connectivity index (χ1) is 12.9. The zero-order valence-electron chi connectivity index (χ0n) is 16.6. The van der Waals surface area contributed by atoms with Gasteiger partial charge in [0.2, 0.25) is 17.7 Å². The van der Waals surface area contributed by atoms with Crippen LogP contribution < -0.4 is 0 Å². The fourth-order valence-corrected chi connectivity index (χ4v) is 3.64. The highest BCUT2D eigenvalue weighted by Gasteiger charge is 2.33. The van der Waals surface area contributed by atoms with Crippen molar-refractivity contribution in [3.05, 3.63) is 11.7 Å². The minimum Gasteiger partial charge on any atom is -0.341 e. The molecule has 3 heterocycles. The number of piperidine rings is 1. The third-order valence-electron chi connectivity index (χ3n) is 5.29. The summed E-state index contributed by atoms with van der Waals surface area (Å²) in [6.45, 7) is 7.50. The molecule has 1 aromatic heterocycles. The predicted octanol–water partition coefficient (Wildman–Crippen LogP) is -0.178. The number of hydrogen-bond acceptors (Lipinski definition) is 7. The molecule has 2 fully saturated rings. The summed E-state index contributed by atoms with van der Waals surface area (Å²) in [7, 11) is 3.98. The Kier molecular flexibility index (Phi) is 6.43. The van der Waals surface area contributed by atoms with Crippen LogP contribution in [-0.4, -0.2) is 101 Å². The number of aryl methyl sites for hydroxylation is 1. The van der Waals surface area contributed by atoms with Crippen LogP contribution in [0.5, 0.6) is 0 Å². The zero-order valence-corrected chi connectivity index (χ0v) is 16.6. The molecule has 2 amide bonds. The summed E-state index contributed by atoms with van der Waals surface area (Å²) >= 11 is 0. The molecule has 0 bridgehead atoms. The molecule has 0 unspecified atom stereocenters. The Morgan fingerprint density at radius 1 is 1.26 bits per heavy atom. The van der Waals surface area contributed by atoms with Crippen molar-refractivity contribution < 1.29 is 14.1 Å². The highest BCUT2D eigenvalue weighted by molar-refractivity contribution is 5.84. The van der Waals surface area contributed by atoms with Gasteiger partial charge in [0, 0.05) is 59.2 Å². The monoisotopic (exact) mass is 378 g/mol. The van der Waals surface area contributed by atoms with Gasteiger partial charge in [-0.3, -0.25) is 14.5 Å². The molecule has 1 atom stereocenters. The van der Waals surface area contributed by atoms with Crippen LogP contribution in [0.4, 0.5) is 0 Å². The highest BCUT2D eigenvalue weighted by Crippen LogP contribution is 2.21. The summed E-state index contributed by atoms with van der Waals surface area (Å²) in [4.78, 5) is 37.4. The summed E-state index contributed by atoms with van der Waals surface area (Å²) in [6, 6.07) is 0. The average Bonchev–Trinajstić information content (AvgIpc) is 3.06. The van der Waals surface area contributed by atoms with Gasteiger partial charge in [0.05, 0.1) is 12.5 Å². The molecule has 1 aromatic rings. The third kappa shape index (κ3) is 5.26. The van der Waals surface area contributed by atoms with E-state index in [1.54, 1.807) is 6.92 Å². The third-order valence-corrected chi connectivity index (χ3v) is 5.29. The molecule has 2 aliphatic rings. The van der Waals surface area contributed by atoms with E-state index in [4.69, 9.17) is 4.52 Å². The number of carbonyl (C=O) groups excluding carboxylic acids is 2. The van der Waals surface area contributed by atoms with Crippen LogP contribution >= 0.6 is 0 Å². The molecule has 150 valence electrons. The number of amides is 2. The van der Waals surface area contributed by atoms with E-state index in [0.29, 0.717) is 57.3 Å². The van der Waals surface area contributed by atoms with Gasteiger partial charge in [-0.1, -0.05) is 5.16 Å². The fourth-order valence-electron chi connectivity index (χ4n) is 3.64. The minimum absolute atomic E-state index is 0.0729. The Balaban J connectivity index is 1.47. The second-order valence-corrected chi connectivity index (χ2v) is 7.71. The predicted molar refractivity (Wildman–Crippen MR) is 98.8 cm³/mol. The van der Waals surface area contributed by atoms with Gasteiger partial charge in [0.25, 0.3) is 0 Å². The van der Waals surface area contributed by atoms with Gasteiger partial charge in [0.15, 0.2) is 5.82 Å². The van der Waals surface area contributed by atoms with Gasteiger partial charge < -0.3 is 19.2 Å². The Labute approximate surface area is 160 Å². The van der Waals surface area contributed by atoms with E-state index in [0.717, 1.165) is 19.6 Å². The maximum absolute atomic E-state index is 12.9. The number of nitrogens with zero attached hydrogens (tertiary/aromatic N) is 6. The van der Waals surface area contributed by atoms with E-state index in [1.807, 2.05) is 23.9 Å². The molecule has 3 rings (SSSR count). The number of hydrogen-bond donors (Lipinski definition) is 0. The largest absolute Gasteiger partial charge is 0.341 e. The van der Waals surface area contributed by atoms with Crippen molar-refractivity contribution in [2.75, 3.05) is 59.9 Å². The zero-order chi connectivity index (χ0) is 19.4. The van der Waals surface area contributed by atoms with E-state index in [1.165, 1.54) is 0 Å². The van der Waals surface area contributed by atoms with E-state index < -0.39 is 0 Å². The lowest BCUT2D eigenvalue weighted by Gasteiger charge is -2.38. The van der Waals surface area contributed by atoms with Crippen LogP contribution in [0.1, 0.15) is 24.6 Å². The van der Waals surface area contributed by atoms with Crippen LogP contribution in [0, 0.1) is 12.8 Å². The number of likely N-dealkylation sites (tertiary alicyclic amines) is 1. The summed E-state index contributed by atoms with van der Waals surface area (Å²) in [5, 5.41) is 3.93. The second kappa shape index (κ2) is 8.79. The lowest BCUT2D eigenvalue weighted by Crippen LogP contribution is -2.53. The Hall–Kier alpha value is -2.00. The molecule has 2 aliphatic heterocycles. The molecule has 2 saturated heterocycles. The van der Waals surface area contributed by atoms with Gasteiger partial charge in [-0.05, 0) is 20.5 Å². The summed E-state index contributed by atoms with van der Waals surface area (Å²) in [5.74, 6) is 1.55. The lowest BCUT2D eigenvalue weighted by atomic mass is 9.95. The number of likely N-dealkylation sites (N-methyl/N-ethyl adjacent to an activating group) is 1. The average molecular weight is 378 g/mol. The SMILES string of the molecule is Cc1nc(CN2CCN(C(=O)[C@H]3CCC(=O)N(CCN(C)C)C3)CC2)no1. The van der Waals surface area contributed by atoms with E-state index in [-0.39, 0.29) is 17.7 Å². The maximum atomic E-state index is 12.9. The van der Waals surface area contributed by atoms with Gasteiger partial charge >= 0.3 is 0 Å². The van der Waals surface area contributed by atoms with Crippen molar-refractivity contribution in [1.82, 2.24) is 29.7 Å². The van der Waals surface area contributed by atoms with Crippen molar-refractivity contribution in [3.8, 4) is 0 Å². The van der Waals surface area contributed by atoms with Crippen molar-refractivity contribution >= 4 is 11.8 Å². The molecular weight excluding hydrogens is 348 g/mol. The Morgan fingerprint density at radius 3 is 2.63 bits per heavy atom. The smallest absolute Gasteiger partial charge is 0.227 e. The van der Waals surface area contributed by atoms with Crippen LogP contribution in [-0.2, 0) is 16.1 Å². The van der Waals surface area contributed by atoms with E-state index in [9.17, 15) is 9.59 Å². The van der Waals surface area contributed by atoms with Gasteiger partial charge in [-0.15, -0.1) is 0 Å². The number of rotatable bonds is 6. The van der Waals surface area contributed by atoms with Crippen molar-refractivity contribution in [2.45, 2.75) is 26.3 Å². The quantitative estimate of drug-likeness (QED) is 0.679. The number of aromatic nitrogens is 2. The lowest BCUT2D eigenvalue weighted by molar-refractivity contribution is -0.144. The second-order valence-electron chi connectivity index (χ2n) is 7.71. The molecule has 27 heavy (non-hydrogen) atoms. The summed E-state index contributed by atoms with van der Waals surface area (Å²) < 4.78 is 5.01. The van der Waals surface area contributed by atoms with Gasteiger partial charge in [0.1, 0.15) is 0 Å². The maximum Gasteiger partial charge on any atom is 0.227 e. The molecule has 0 aliphatic carbocycles. The minimum atomic E-state index is -0.0729. The first-order valence-electron chi connectivity index (χ1n) is 9.65. The fraction of sp³-hybridized carbons (Fsp3) is 0.778. The van der Waals surface area contributed by atoms with Crippen LogP contribution in [0.2, 0.25) is 0 Å². The van der Waals surface area contributed by atoms with E-state index >= 15 is 0 Å². The topological polar surface area (TPSA) is 86.0 Å². The first kappa shape index (κ1) is 19.8. The van der Waals surface area contributed by atoms with E-state index in [2.05, 4.69) is 19.9 Å². The Morgan fingerprint density at radius 2 is 2.00 bits per heavy atom. The van der Waals surface area contributed by atoms with Crippen LogP contribution in [0.25, 0.3) is 0 Å². The van der Waals surface area contributed by atoms with Crippen molar-refractivity contribution in [2.24, 2.45) is 5.92 Å². The molecule has 0 N–H and O–H groups in total. The molecule has 0 saturated carbocycles. The van der Waals surface area contributed by atoms with Crippen LogP contribution in [0.15, 0.2) is 4.52 Å². The molecule has 0 radical (unpaired) electrons. The highest BCUT2D eigenvalue weighted by atomic mass is 16.5. The van der Waals surface area contributed by atoms with Crippen molar-refractivity contribution in [3.63, 3.8) is 0 Å². The number of carbonyl (C=O) groups is 2. The standard InChI is InChI=1S/C18H30N6O3/c1-14-19-16(20-27-14)13-22-7-10-23(11-8-22)18(26)15-4-5-17(25)24(12-15)9-6-21(2)3/h15H,4-13H2,1-3H3/t15-/m0/s1. The summed E-state index contributed by atoms with van der Waals surface area (Å²) in [6.07, 6.45) is 1.14. The Bertz CT molecular complexity index is 653. The normalized spacial score (nSPS) is 21.9. The molecule has 0 spiro atoms. The van der Waals surface area contributed by atoms with Gasteiger partial charge in [-0.25, -0.2) is 0 Å². The van der Waals surface area contributed by atoms with Gasteiger partial charge in [-0.2, -0.15) is 4.98 Å². The first-order valence-corrected chi connectivity index (χ1v) is 9.65. The molecule has 9 nitrogen and oxygen atoms in total.